The minimum absolute atomic E-state index is 0.516. The molecule has 0 amide bonds. The molecule has 1 fully saturated rings. The predicted octanol–water partition coefficient (Wildman–Crippen LogP) is 1.42. The van der Waals surface area contributed by atoms with Crippen molar-refractivity contribution in [1.82, 2.24) is 19.9 Å². The quantitative estimate of drug-likeness (QED) is 0.890. The van der Waals surface area contributed by atoms with Gasteiger partial charge in [-0.1, -0.05) is 6.42 Å². The second kappa shape index (κ2) is 4.94. The number of hydrogen-bond donors (Lipinski definition) is 1. The molecular formula is C13H18N4O. The van der Waals surface area contributed by atoms with E-state index in [2.05, 4.69) is 15.4 Å². The zero-order chi connectivity index (χ0) is 12.4. The highest BCUT2D eigenvalue weighted by Gasteiger charge is 2.16. The average Bonchev–Trinajstić information content (AvgIpc) is 2.82. The molecule has 0 aliphatic carbocycles. The van der Waals surface area contributed by atoms with Crippen molar-refractivity contribution in [2.75, 3.05) is 13.7 Å². The second-order valence-corrected chi connectivity index (χ2v) is 4.72. The van der Waals surface area contributed by atoms with Crippen molar-refractivity contribution in [3.63, 3.8) is 0 Å². The Morgan fingerprint density at radius 1 is 1.50 bits per heavy atom. The van der Waals surface area contributed by atoms with Crippen LogP contribution in [0.4, 0.5) is 0 Å². The minimum atomic E-state index is 0.516. The molecule has 2 aromatic rings. The van der Waals surface area contributed by atoms with Crippen LogP contribution in [0.25, 0.3) is 5.65 Å². The third kappa shape index (κ3) is 2.18. The van der Waals surface area contributed by atoms with Gasteiger partial charge >= 0.3 is 0 Å². The fraction of sp³-hybridized carbons (Fsp3) is 0.538. The lowest BCUT2D eigenvalue weighted by molar-refractivity contribution is 0.394. The number of hydrogen-bond acceptors (Lipinski definition) is 4. The zero-order valence-corrected chi connectivity index (χ0v) is 10.6. The summed E-state index contributed by atoms with van der Waals surface area (Å²) in [7, 11) is 1.66. The number of nitrogens with zero attached hydrogens (tertiary/aromatic N) is 3. The molecule has 1 saturated heterocycles. The first kappa shape index (κ1) is 11.5. The lowest BCUT2D eigenvalue weighted by Crippen LogP contribution is -2.35. The van der Waals surface area contributed by atoms with Gasteiger partial charge in [0.25, 0.3) is 0 Å². The molecule has 1 aliphatic heterocycles. The van der Waals surface area contributed by atoms with Crippen molar-refractivity contribution in [3.05, 3.63) is 24.2 Å². The zero-order valence-electron chi connectivity index (χ0n) is 10.6. The van der Waals surface area contributed by atoms with Crippen LogP contribution in [0, 0.1) is 0 Å². The Balaban J connectivity index is 1.84. The molecule has 3 heterocycles. The molecule has 1 N–H and O–H groups in total. The molecule has 1 atom stereocenters. The fourth-order valence-corrected chi connectivity index (χ4v) is 2.49. The van der Waals surface area contributed by atoms with Gasteiger partial charge in [-0.25, -0.2) is 9.50 Å². The Bertz CT molecular complexity index is 531. The topological polar surface area (TPSA) is 51.5 Å². The number of rotatable bonds is 3. The van der Waals surface area contributed by atoms with E-state index in [9.17, 15) is 0 Å². The Morgan fingerprint density at radius 3 is 3.22 bits per heavy atom. The Hall–Kier alpha value is -1.62. The molecule has 5 heteroatoms. The van der Waals surface area contributed by atoms with E-state index in [1.807, 2.05) is 18.3 Å². The SMILES string of the molecule is COc1cccn2nc(CC3CCCCN3)nc12. The second-order valence-electron chi connectivity index (χ2n) is 4.72. The van der Waals surface area contributed by atoms with Crippen molar-refractivity contribution in [2.45, 2.75) is 31.7 Å². The van der Waals surface area contributed by atoms with Crippen LogP contribution < -0.4 is 10.1 Å². The number of fused-ring (bicyclic) bond motifs is 1. The largest absolute Gasteiger partial charge is 0.493 e. The third-order valence-corrected chi connectivity index (χ3v) is 3.43. The van der Waals surface area contributed by atoms with Crippen LogP contribution in [-0.2, 0) is 6.42 Å². The minimum Gasteiger partial charge on any atom is -0.493 e. The van der Waals surface area contributed by atoms with Gasteiger partial charge in [-0.15, -0.1) is 0 Å². The summed E-state index contributed by atoms with van der Waals surface area (Å²) >= 11 is 0. The van der Waals surface area contributed by atoms with Gasteiger partial charge in [0, 0.05) is 18.7 Å². The van der Waals surface area contributed by atoms with Crippen molar-refractivity contribution in [2.24, 2.45) is 0 Å². The summed E-state index contributed by atoms with van der Waals surface area (Å²) in [5.41, 5.74) is 0.797. The first-order valence-electron chi connectivity index (χ1n) is 6.48. The number of aromatic nitrogens is 3. The molecular weight excluding hydrogens is 228 g/mol. The van der Waals surface area contributed by atoms with Crippen LogP contribution in [0.2, 0.25) is 0 Å². The Kier molecular flexibility index (Phi) is 3.15. The van der Waals surface area contributed by atoms with Crippen LogP contribution >= 0.6 is 0 Å². The molecule has 1 unspecified atom stereocenters. The standard InChI is InChI=1S/C13H18N4O/c1-18-11-6-4-8-17-13(11)15-12(16-17)9-10-5-2-3-7-14-10/h4,6,8,10,14H,2-3,5,7,9H2,1H3. The maximum absolute atomic E-state index is 5.29. The molecule has 0 bridgehead atoms. The number of piperidine rings is 1. The summed E-state index contributed by atoms with van der Waals surface area (Å²) in [5, 5.41) is 8.02. The van der Waals surface area contributed by atoms with E-state index >= 15 is 0 Å². The summed E-state index contributed by atoms with van der Waals surface area (Å²) in [4.78, 5) is 4.56. The molecule has 18 heavy (non-hydrogen) atoms. The summed E-state index contributed by atoms with van der Waals surface area (Å²) in [6.45, 7) is 1.11. The summed E-state index contributed by atoms with van der Waals surface area (Å²) in [5.74, 6) is 1.66. The average molecular weight is 246 g/mol. The highest BCUT2D eigenvalue weighted by molar-refractivity contribution is 5.52. The van der Waals surface area contributed by atoms with E-state index in [1.54, 1.807) is 11.6 Å². The van der Waals surface area contributed by atoms with E-state index in [0.717, 1.165) is 30.2 Å². The van der Waals surface area contributed by atoms with E-state index in [-0.39, 0.29) is 0 Å². The van der Waals surface area contributed by atoms with Crippen molar-refractivity contribution < 1.29 is 4.74 Å². The normalized spacial score (nSPS) is 20.2. The fourth-order valence-electron chi connectivity index (χ4n) is 2.49. The summed E-state index contributed by atoms with van der Waals surface area (Å²) in [6.07, 6.45) is 6.59. The number of methoxy groups -OCH3 is 1. The first-order chi connectivity index (χ1) is 8.86. The third-order valence-electron chi connectivity index (χ3n) is 3.43. The van der Waals surface area contributed by atoms with Crippen LogP contribution in [0.1, 0.15) is 25.1 Å². The Morgan fingerprint density at radius 2 is 2.44 bits per heavy atom. The molecule has 96 valence electrons. The van der Waals surface area contributed by atoms with E-state index < -0.39 is 0 Å². The molecule has 3 rings (SSSR count). The highest BCUT2D eigenvalue weighted by Crippen LogP contribution is 2.18. The van der Waals surface area contributed by atoms with Crippen LogP contribution in [0.15, 0.2) is 18.3 Å². The number of pyridine rings is 1. The van der Waals surface area contributed by atoms with Crippen LogP contribution in [0.5, 0.6) is 5.75 Å². The molecule has 0 spiro atoms. The lowest BCUT2D eigenvalue weighted by atomic mass is 10.0. The van der Waals surface area contributed by atoms with E-state index in [4.69, 9.17) is 4.74 Å². The molecule has 0 aromatic carbocycles. The lowest BCUT2D eigenvalue weighted by Gasteiger charge is -2.21. The maximum Gasteiger partial charge on any atom is 0.198 e. The van der Waals surface area contributed by atoms with E-state index in [1.165, 1.54) is 19.3 Å². The molecule has 1 aliphatic rings. The van der Waals surface area contributed by atoms with Crippen molar-refractivity contribution in [1.29, 1.82) is 0 Å². The van der Waals surface area contributed by atoms with Gasteiger partial charge in [0.05, 0.1) is 7.11 Å². The van der Waals surface area contributed by atoms with Gasteiger partial charge in [0.1, 0.15) is 0 Å². The predicted molar refractivity (Wildman–Crippen MR) is 68.9 cm³/mol. The van der Waals surface area contributed by atoms with Gasteiger partial charge in [-0.05, 0) is 31.5 Å². The number of nitrogens with one attached hydrogen (secondary N) is 1. The maximum atomic E-state index is 5.29. The number of ether oxygens (including phenoxy) is 1. The van der Waals surface area contributed by atoms with Gasteiger partial charge in [-0.3, -0.25) is 0 Å². The first-order valence-corrected chi connectivity index (χ1v) is 6.48. The van der Waals surface area contributed by atoms with Gasteiger partial charge in [0.2, 0.25) is 0 Å². The molecule has 5 nitrogen and oxygen atoms in total. The van der Waals surface area contributed by atoms with Gasteiger partial charge in [0.15, 0.2) is 17.2 Å². The summed E-state index contributed by atoms with van der Waals surface area (Å²) in [6, 6.07) is 4.35. The monoisotopic (exact) mass is 246 g/mol. The Labute approximate surface area is 106 Å². The molecule has 2 aromatic heterocycles. The van der Waals surface area contributed by atoms with Crippen molar-refractivity contribution in [3.8, 4) is 5.75 Å². The van der Waals surface area contributed by atoms with Crippen molar-refractivity contribution >= 4 is 5.65 Å². The van der Waals surface area contributed by atoms with Gasteiger partial charge < -0.3 is 10.1 Å². The van der Waals surface area contributed by atoms with E-state index in [0.29, 0.717) is 6.04 Å². The van der Waals surface area contributed by atoms with Crippen LogP contribution in [-0.4, -0.2) is 34.3 Å². The van der Waals surface area contributed by atoms with Crippen LogP contribution in [0.3, 0.4) is 0 Å². The summed E-state index contributed by atoms with van der Waals surface area (Å²) < 4.78 is 7.08. The molecule has 0 radical (unpaired) electrons. The smallest absolute Gasteiger partial charge is 0.198 e. The molecule has 0 saturated carbocycles. The van der Waals surface area contributed by atoms with Gasteiger partial charge in [-0.2, -0.15) is 5.10 Å². The highest BCUT2D eigenvalue weighted by atomic mass is 16.5.